The molecule has 1 fully saturated rings. The molecular weight excluding hydrogens is 214 g/mol. The molecule has 1 aliphatic rings. The van der Waals surface area contributed by atoms with E-state index in [1.807, 2.05) is 31.3 Å². The fourth-order valence-electron chi connectivity index (χ4n) is 2.23. The second-order valence-electron chi connectivity index (χ2n) is 4.45. The number of hydrogen-bond donors (Lipinski definition) is 2. The summed E-state index contributed by atoms with van der Waals surface area (Å²) in [5.41, 5.74) is 7.37. The van der Waals surface area contributed by atoms with E-state index in [1.165, 1.54) is 0 Å². The van der Waals surface area contributed by atoms with Crippen molar-refractivity contribution >= 4 is 11.5 Å². The first kappa shape index (κ1) is 11.9. The van der Waals surface area contributed by atoms with Crippen LogP contribution in [0.1, 0.15) is 18.4 Å². The molecule has 1 heterocycles. The average Bonchev–Trinajstić information content (AvgIpc) is 2.81. The van der Waals surface area contributed by atoms with Crippen LogP contribution in [0.4, 0.5) is 5.69 Å². The number of ether oxygens (including phenoxy) is 1. The summed E-state index contributed by atoms with van der Waals surface area (Å²) in [6.07, 6.45) is 2.57. The number of benzene rings is 1. The van der Waals surface area contributed by atoms with E-state index in [4.69, 9.17) is 15.9 Å². The first-order valence-electron chi connectivity index (χ1n) is 5.94. The minimum Gasteiger partial charge on any atom is -0.384 e. The molecule has 0 bridgehead atoms. The summed E-state index contributed by atoms with van der Waals surface area (Å²) >= 11 is 0. The van der Waals surface area contributed by atoms with Gasteiger partial charge in [-0.15, -0.1) is 0 Å². The van der Waals surface area contributed by atoms with Crippen molar-refractivity contribution in [1.82, 2.24) is 0 Å². The van der Waals surface area contributed by atoms with E-state index in [1.54, 1.807) is 0 Å². The zero-order chi connectivity index (χ0) is 12.3. The van der Waals surface area contributed by atoms with Crippen LogP contribution in [0.25, 0.3) is 0 Å². The monoisotopic (exact) mass is 233 g/mol. The van der Waals surface area contributed by atoms with Crippen molar-refractivity contribution < 1.29 is 4.74 Å². The molecule has 4 nitrogen and oxygen atoms in total. The number of nitrogen functional groups attached to an aromatic ring is 1. The zero-order valence-corrected chi connectivity index (χ0v) is 10.1. The van der Waals surface area contributed by atoms with Crippen molar-refractivity contribution in [3.63, 3.8) is 0 Å². The lowest BCUT2D eigenvalue weighted by atomic mass is 10.1. The quantitative estimate of drug-likeness (QED) is 0.613. The summed E-state index contributed by atoms with van der Waals surface area (Å²) in [5.74, 6) is 0.111. The smallest absolute Gasteiger partial charge is 0.124 e. The van der Waals surface area contributed by atoms with Crippen LogP contribution >= 0.6 is 0 Å². The largest absolute Gasteiger partial charge is 0.384 e. The van der Waals surface area contributed by atoms with Crippen molar-refractivity contribution in [3.05, 3.63) is 29.8 Å². The van der Waals surface area contributed by atoms with E-state index < -0.39 is 0 Å². The van der Waals surface area contributed by atoms with Crippen LogP contribution in [0.5, 0.6) is 0 Å². The van der Waals surface area contributed by atoms with E-state index in [0.717, 1.165) is 37.2 Å². The summed E-state index contributed by atoms with van der Waals surface area (Å²) in [6, 6.07) is 7.74. The van der Waals surface area contributed by atoms with Crippen molar-refractivity contribution in [3.8, 4) is 0 Å². The molecule has 1 saturated heterocycles. The first-order valence-corrected chi connectivity index (χ1v) is 5.94. The fraction of sp³-hybridized carbons (Fsp3) is 0.462. The van der Waals surface area contributed by atoms with Crippen LogP contribution in [0.3, 0.4) is 0 Å². The molecule has 0 aliphatic carbocycles. The van der Waals surface area contributed by atoms with Crippen molar-refractivity contribution in [2.75, 3.05) is 25.1 Å². The molecule has 92 valence electrons. The van der Waals surface area contributed by atoms with Crippen molar-refractivity contribution in [1.29, 1.82) is 5.41 Å². The first-order chi connectivity index (χ1) is 8.18. The molecule has 1 atom stereocenters. The number of nitrogens with zero attached hydrogens (tertiary/aromatic N) is 1. The summed E-state index contributed by atoms with van der Waals surface area (Å²) in [6.45, 7) is 1.72. The molecule has 0 spiro atoms. The average molecular weight is 233 g/mol. The molecule has 0 radical (unpaired) electrons. The predicted octanol–water partition coefficient (Wildman–Crippen LogP) is 1.59. The number of hydrogen-bond acceptors (Lipinski definition) is 3. The Balaban J connectivity index is 2.12. The molecule has 2 rings (SSSR count). The van der Waals surface area contributed by atoms with Gasteiger partial charge in [0.15, 0.2) is 0 Å². The van der Waals surface area contributed by atoms with E-state index in [-0.39, 0.29) is 5.84 Å². The number of rotatable bonds is 4. The van der Waals surface area contributed by atoms with Gasteiger partial charge in [0.2, 0.25) is 0 Å². The van der Waals surface area contributed by atoms with Gasteiger partial charge in [0.25, 0.3) is 0 Å². The molecule has 1 aliphatic heterocycles. The molecular formula is C13H19N3O. The highest BCUT2D eigenvalue weighted by Crippen LogP contribution is 2.21. The number of nitrogens with two attached hydrogens (primary N) is 1. The van der Waals surface area contributed by atoms with Gasteiger partial charge in [0.05, 0.1) is 6.10 Å². The normalized spacial score (nSPS) is 19.2. The van der Waals surface area contributed by atoms with Gasteiger partial charge in [0.1, 0.15) is 5.84 Å². The molecule has 17 heavy (non-hydrogen) atoms. The van der Waals surface area contributed by atoms with Gasteiger partial charge in [-0.3, -0.25) is 5.41 Å². The maximum atomic E-state index is 7.57. The maximum absolute atomic E-state index is 7.57. The minimum absolute atomic E-state index is 0.111. The standard InChI is InChI=1S/C13H19N3O/c1-16(9-10-5-4-8-17-10)12-7-3-2-6-11(12)13(14)15/h2-3,6-7,10H,4-5,8-9H2,1H3,(H3,14,15). The Labute approximate surface area is 102 Å². The van der Waals surface area contributed by atoms with Gasteiger partial charge >= 0.3 is 0 Å². The van der Waals surface area contributed by atoms with Crippen LogP contribution in [-0.4, -0.2) is 32.1 Å². The van der Waals surface area contributed by atoms with Gasteiger partial charge in [-0.1, -0.05) is 12.1 Å². The van der Waals surface area contributed by atoms with Crippen molar-refractivity contribution in [2.24, 2.45) is 5.73 Å². The Morgan fingerprint density at radius 2 is 2.29 bits per heavy atom. The number of nitrogens with one attached hydrogen (secondary N) is 1. The van der Waals surface area contributed by atoms with Crippen LogP contribution in [-0.2, 0) is 4.74 Å². The lowest BCUT2D eigenvalue weighted by Crippen LogP contribution is -2.30. The number of amidine groups is 1. The van der Waals surface area contributed by atoms with Gasteiger partial charge in [-0.05, 0) is 25.0 Å². The highest BCUT2D eigenvalue weighted by Gasteiger charge is 2.19. The molecule has 1 aromatic carbocycles. The van der Waals surface area contributed by atoms with E-state index >= 15 is 0 Å². The Kier molecular flexibility index (Phi) is 3.64. The van der Waals surface area contributed by atoms with Gasteiger partial charge in [-0.2, -0.15) is 0 Å². The Morgan fingerprint density at radius 3 is 2.94 bits per heavy atom. The summed E-state index contributed by atoms with van der Waals surface area (Å²) in [5, 5.41) is 7.57. The van der Waals surface area contributed by atoms with Crippen molar-refractivity contribution in [2.45, 2.75) is 18.9 Å². The Bertz CT molecular complexity index is 399. The zero-order valence-electron chi connectivity index (χ0n) is 10.1. The van der Waals surface area contributed by atoms with Crippen LogP contribution in [0, 0.1) is 5.41 Å². The topological polar surface area (TPSA) is 62.3 Å². The van der Waals surface area contributed by atoms with E-state index in [0.29, 0.717) is 6.10 Å². The van der Waals surface area contributed by atoms with Gasteiger partial charge < -0.3 is 15.4 Å². The van der Waals surface area contributed by atoms with E-state index in [2.05, 4.69) is 4.90 Å². The second-order valence-corrected chi connectivity index (χ2v) is 4.45. The predicted molar refractivity (Wildman–Crippen MR) is 69.7 cm³/mol. The van der Waals surface area contributed by atoms with Gasteiger partial charge in [0, 0.05) is 31.5 Å². The maximum Gasteiger partial charge on any atom is 0.124 e. The highest BCUT2D eigenvalue weighted by molar-refractivity contribution is 6.00. The van der Waals surface area contributed by atoms with Crippen LogP contribution in [0.15, 0.2) is 24.3 Å². The third kappa shape index (κ3) is 2.77. The number of para-hydroxylation sites is 1. The highest BCUT2D eigenvalue weighted by atomic mass is 16.5. The fourth-order valence-corrected chi connectivity index (χ4v) is 2.23. The minimum atomic E-state index is 0.111. The lowest BCUT2D eigenvalue weighted by Gasteiger charge is -2.24. The number of anilines is 1. The Hall–Kier alpha value is -1.55. The van der Waals surface area contributed by atoms with Crippen LogP contribution < -0.4 is 10.6 Å². The molecule has 3 N–H and O–H groups in total. The molecule has 1 aromatic rings. The molecule has 4 heteroatoms. The number of likely N-dealkylation sites (N-methyl/N-ethyl adjacent to an activating group) is 1. The third-order valence-corrected chi connectivity index (χ3v) is 3.11. The Morgan fingerprint density at radius 1 is 1.53 bits per heavy atom. The summed E-state index contributed by atoms with van der Waals surface area (Å²) in [7, 11) is 2.02. The summed E-state index contributed by atoms with van der Waals surface area (Å²) < 4.78 is 5.62. The third-order valence-electron chi connectivity index (χ3n) is 3.11. The van der Waals surface area contributed by atoms with Crippen LogP contribution in [0.2, 0.25) is 0 Å². The molecule has 0 aromatic heterocycles. The lowest BCUT2D eigenvalue weighted by molar-refractivity contribution is 0.116. The second kappa shape index (κ2) is 5.19. The van der Waals surface area contributed by atoms with E-state index in [9.17, 15) is 0 Å². The molecule has 1 unspecified atom stereocenters. The molecule has 0 amide bonds. The van der Waals surface area contributed by atoms with Gasteiger partial charge in [-0.25, -0.2) is 0 Å². The summed E-state index contributed by atoms with van der Waals surface area (Å²) in [4.78, 5) is 2.12. The SMILES string of the molecule is CN(CC1CCCO1)c1ccccc1C(=N)N. The molecule has 0 saturated carbocycles.